The number of hydrogen-bond acceptors (Lipinski definition) is 4. The molecule has 0 saturated heterocycles. The summed E-state index contributed by atoms with van der Waals surface area (Å²) in [5, 5.41) is 19.8. The molecule has 0 heterocycles. The molecular formula is C13H16N2O4. The van der Waals surface area contributed by atoms with Gasteiger partial charge in [0.2, 0.25) is 0 Å². The van der Waals surface area contributed by atoms with Crippen LogP contribution >= 0.6 is 0 Å². The maximum atomic E-state index is 11.1. The molecule has 0 spiro atoms. The SMILES string of the molecule is C=CCN(CCC)c1ccc([N+](=O)[O-])c(C(=O)O)c1. The average molecular weight is 264 g/mol. The van der Waals surface area contributed by atoms with Crippen LogP contribution in [0.1, 0.15) is 23.7 Å². The molecule has 1 aromatic carbocycles. The van der Waals surface area contributed by atoms with Crippen molar-refractivity contribution in [1.29, 1.82) is 0 Å². The zero-order valence-corrected chi connectivity index (χ0v) is 10.7. The van der Waals surface area contributed by atoms with Crippen LogP contribution in [0.3, 0.4) is 0 Å². The quantitative estimate of drug-likeness (QED) is 0.465. The molecular weight excluding hydrogens is 248 g/mol. The maximum absolute atomic E-state index is 11.1. The monoisotopic (exact) mass is 264 g/mol. The predicted octanol–water partition coefficient (Wildman–Crippen LogP) is 2.70. The van der Waals surface area contributed by atoms with Gasteiger partial charge in [0.15, 0.2) is 0 Å². The summed E-state index contributed by atoms with van der Waals surface area (Å²) in [6.07, 6.45) is 2.59. The Morgan fingerprint density at radius 2 is 2.26 bits per heavy atom. The topological polar surface area (TPSA) is 83.7 Å². The van der Waals surface area contributed by atoms with Crippen molar-refractivity contribution in [2.24, 2.45) is 0 Å². The molecule has 19 heavy (non-hydrogen) atoms. The lowest BCUT2D eigenvalue weighted by Crippen LogP contribution is -2.24. The number of nitro benzene ring substituents is 1. The number of anilines is 1. The predicted molar refractivity (Wildman–Crippen MR) is 72.8 cm³/mol. The van der Waals surface area contributed by atoms with E-state index in [2.05, 4.69) is 6.58 Å². The number of carboxylic acids is 1. The van der Waals surface area contributed by atoms with Crippen LogP contribution in [0.25, 0.3) is 0 Å². The number of benzene rings is 1. The average Bonchev–Trinajstić information content (AvgIpc) is 2.37. The Kier molecular flexibility index (Phi) is 5.05. The minimum absolute atomic E-state index is 0.298. The number of nitro groups is 1. The van der Waals surface area contributed by atoms with Crippen molar-refractivity contribution in [2.75, 3.05) is 18.0 Å². The van der Waals surface area contributed by atoms with Gasteiger partial charge in [0.05, 0.1) is 4.92 Å². The summed E-state index contributed by atoms with van der Waals surface area (Å²) < 4.78 is 0. The molecule has 0 aliphatic heterocycles. The number of hydrogen-bond donors (Lipinski definition) is 1. The second-order valence-corrected chi connectivity index (χ2v) is 4.00. The molecule has 0 aliphatic carbocycles. The van der Waals surface area contributed by atoms with E-state index >= 15 is 0 Å². The Labute approximate surface area is 111 Å². The van der Waals surface area contributed by atoms with Gasteiger partial charge in [-0.3, -0.25) is 10.1 Å². The van der Waals surface area contributed by atoms with Gasteiger partial charge in [-0.15, -0.1) is 6.58 Å². The summed E-state index contributed by atoms with van der Waals surface area (Å²) in [6, 6.07) is 4.12. The first-order chi connectivity index (χ1) is 9.01. The number of carboxylic acid groups (broad SMARTS) is 1. The van der Waals surface area contributed by atoms with E-state index in [1.54, 1.807) is 12.1 Å². The first kappa shape index (κ1) is 14.7. The molecule has 1 aromatic rings. The van der Waals surface area contributed by atoms with Gasteiger partial charge in [0.25, 0.3) is 5.69 Å². The molecule has 0 unspecified atom stereocenters. The third kappa shape index (κ3) is 3.54. The molecule has 0 radical (unpaired) electrons. The smallest absolute Gasteiger partial charge is 0.342 e. The third-order valence-corrected chi connectivity index (χ3v) is 2.62. The Balaban J connectivity index is 3.22. The largest absolute Gasteiger partial charge is 0.477 e. The lowest BCUT2D eigenvalue weighted by atomic mass is 10.1. The molecule has 0 bridgehead atoms. The molecule has 6 heteroatoms. The molecule has 0 aliphatic rings. The van der Waals surface area contributed by atoms with Crippen LogP contribution in [0.4, 0.5) is 11.4 Å². The number of rotatable bonds is 7. The van der Waals surface area contributed by atoms with Crippen LogP contribution in [0.5, 0.6) is 0 Å². The maximum Gasteiger partial charge on any atom is 0.342 e. The fourth-order valence-electron chi connectivity index (χ4n) is 1.80. The van der Waals surface area contributed by atoms with Crippen LogP contribution in [-0.4, -0.2) is 29.1 Å². The number of nitrogens with zero attached hydrogens (tertiary/aromatic N) is 2. The van der Waals surface area contributed by atoms with Crippen molar-refractivity contribution in [3.05, 3.63) is 46.5 Å². The number of aromatic carboxylic acids is 1. The third-order valence-electron chi connectivity index (χ3n) is 2.62. The highest BCUT2D eigenvalue weighted by molar-refractivity contribution is 5.93. The highest BCUT2D eigenvalue weighted by atomic mass is 16.6. The van der Waals surface area contributed by atoms with Gasteiger partial charge in [-0.2, -0.15) is 0 Å². The Hall–Kier alpha value is -2.37. The van der Waals surface area contributed by atoms with E-state index in [9.17, 15) is 14.9 Å². The molecule has 1 N–H and O–H groups in total. The first-order valence-electron chi connectivity index (χ1n) is 5.88. The fourth-order valence-corrected chi connectivity index (χ4v) is 1.80. The van der Waals surface area contributed by atoms with Crippen LogP contribution in [0.15, 0.2) is 30.9 Å². The second-order valence-electron chi connectivity index (χ2n) is 4.00. The van der Waals surface area contributed by atoms with Crippen LogP contribution < -0.4 is 4.90 Å². The summed E-state index contributed by atoms with van der Waals surface area (Å²) >= 11 is 0. The van der Waals surface area contributed by atoms with Crippen LogP contribution in [0.2, 0.25) is 0 Å². The van der Waals surface area contributed by atoms with E-state index in [0.717, 1.165) is 13.0 Å². The molecule has 0 aromatic heterocycles. The minimum Gasteiger partial charge on any atom is -0.477 e. The van der Waals surface area contributed by atoms with E-state index in [-0.39, 0.29) is 5.56 Å². The van der Waals surface area contributed by atoms with Gasteiger partial charge in [0, 0.05) is 24.8 Å². The van der Waals surface area contributed by atoms with E-state index in [4.69, 9.17) is 5.11 Å². The molecule has 102 valence electrons. The Morgan fingerprint density at radius 1 is 1.58 bits per heavy atom. The van der Waals surface area contributed by atoms with Gasteiger partial charge in [0.1, 0.15) is 5.56 Å². The molecule has 0 amide bonds. The zero-order valence-electron chi connectivity index (χ0n) is 10.7. The highest BCUT2D eigenvalue weighted by Gasteiger charge is 2.21. The molecule has 6 nitrogen and oxygen atoms in total. The van der Waals surface area contributed by atoms with E-state index in [0.29, 0.717) is 12.2 Å². The summed E-state index contributed by atoms with van der Waals surface area (Å²) in [5.41, 5.74) is -0.0521. The van der Waals surface area contributed by atoms with Crippen molar-refractivity contribution < 1.29 is 14.8 Å². The van der Waals surface area contributed by atoms with E-state index < -0.39 is 16.6 Å². The molecule has 0 saturated carbocycles. The van der Waals surface area contributed by atoms with Gasteiger partial charge in [-0.05, 0) is 18.6 Å². The van der Waals surface area contributed by atoms with Crippen molar-refractivity contribution in [2.45, 2.75) is 13.3 Å². The summed E-state index contributed by atoms with van der Waals surface area (Å²) in [7, 11) is 0. The standard InChI is InChI=1S/C13H16N2O4/c1-3-7-14(8-4-2)10-5-6-12(15(18)19)11(9-10)13(16)17/h3,5-6,9H,1,4,7-8H2,2H3,(H,16,17). The molecule has 1 rings (SSSR count). The fraction of sp³-hybridized carbons (Fsp3) is 0.308. The van der Waals surface area contributed by atoms with E-state index in [1.807, 2.05) is 11.8 Å². The lowest BCUT2D eigenvalue weighted by molar-refractivity contribution is -0.385. The van der Waals surface area contributed by atoms with Crippen LogP contribution in [-0.2, 0) is 0 Å². The number of carbonyl (C=O) groups is 1. The Bertz CT molecular complexity index is 499. The van der Waals surface area contributed by atoms with Crippen molar-refractivity contribution in [3.63, 3.8) is 0 Å². The molecule has 0 fully saturated rings. The normalized spacial score (nSPS) is 9.95. The first-order valence-corrected chi connectivity index (χ1v) is 5.88. The lowest BCUT2D eigenvalue weighted by Gasteiger charge is -2.22. The van der Waals surface area contributed by atoms with Gasteiger partial charge in [-0.1, -0.05) is 13.0 Å². The van der Waals surface area contributed by atoms with E-state index in [1.165, 1.54) is 12.1 Å². The zero-order chi connectivity index (χ0) is 14.4. The summed E-state index contributed by atoms with van der Waals surface area (Å²) in [5.74, 6) is -1.30. The van der Waals surface area contributed by atoms with Gasteiger partial charge in [-0.25, -0.2) is 4.79 Å². The molecule has 0 atom stereocenters. The minimum atomic E-state index is -1.30. The second kappa shape index (κ2) is 6.53. The van der Waals surface area contributed by atoms with Gasteiger partial charge >= 0.3 is 5.97 Å². The highest BCUT2D eigenvalue weighted by Crippen LogP contribution is 2.25. The van der Waals surface area contributed by atoms with Crippen molar-refractivity contribution in [1.82, 2.24) is 0 Å². The summed E-state index contributed by atoms with van der Waals surface area (Å²) in [6.45, 7) is 6.93. The van der Waals surface area contributed by atoms with Gasteiger partial charge < -0.3 is 10.0 Å². The van der Waals surface area contributed by atoms with Crippen molar-refractivity contribution >= 4 is 17.3 Å². The van der Waals surface area contributed by atoms with Crippen molar-refractivity contribution in [3.8, 4) is 0 Å². The Morgan fingerprint density at radius 3 is 2.74 bits per heavy atom. The van der Waals surface area contributed by atoms with Crippen LogP contribution in [0, 0.1) is 10.1 Å². The summed E-state index contributed by atoms with van der Waals surface area (Å²) in [4.78, 5) is 23.1.